The molecule has 1 aliphatic heterocycles. The van der Waals surface area contributed by atoms with Crippen LogP contribution in [-0.2, 0) is 11.3 Å². The highest BCUT2D eigenvalue weighted by molar-refractivity contribution is 14.1. The minimum Gasteiger partial charge on any atom is -0.493 e. The van der Waals surface area contributed by atoms with Crippen molar-refractivity contribution in [3.63, 3.8) is 0 Å². The number of thioether (sulfide) groups is 1. The number of benzene rings is 3. The Labute approximate surface area is 229 Å². The van der Waals surface area contributed by atoms with Crippen molar-refractivity contribution < 1.29 is 28.2 Å². The smallest absolute Gasteiger partial charge is 0.343 e. The zero-order chi connectivity index (χ0) is 26.0. The van der Waals surface area contributed by atoms with E-state index in [1.165, 1.54) is 19.2 Å². The summed E-state index contributed by atoms with van der Waals surface area (Å²) < 4.78 is 24.9. The molecule has 4 rings (SSSR count). The van der Waals surface area contributed by atoms with E-state index in [9.17, 15) is 18.8 Å². The summed E-state index contributed by atoms with van der Waals surface area (Å²) in [5.74, 6) is -0.978. The molecule has 184 valence electrons. The molecule has 0 unspecified atom stereocenters. The van der Waals surface area contributed by atoms with Crippen molar-refractivity contribution in [3.05, 3.63) is 96.2 Å². The van der Waals surface area contributed by atoms with Crippen molar-refractivity contribution in [1.29, 1.82) is 0 Å². The lowest BCUT2D eigenvalue weighted by Crippen LogP contribution is -2.27. The molecule has 1 heterocycles. The minimum absolute atomic E-state index is 0.0735. The van der Waals surface area contributed by atoms with Gasteiger partial charge in [0, 0.05) is 5.02 Å². The summed E-state index contributed by atoms with van der Waals surface area (Å²) in [6.45, 7) is 1.85. The number of esters is 1. The quantitative estimate of drug-likeness (QED) is 0.127. The third kappa shape index (κ3) is 5.74. The Morgan fingerprint density at radius 2 is 1.86 bits per heavy atom. The highest BCUT2D eigenvalue weighted by atomic mass is 127. The van der Waals surface area contributed by atoms with Crippen LogP contribution in [-0.4, -0.2) is 29.1 Å². The van der Waals surface area contributed by atoms with Gasteiger partial charge in [0.2, 0.25) is 0 Å². The molecule has 3 aromatic carbocycles. The van der Waals surface area contributed by atoms with E-state index >= 15 is 0 Å². The van der Waals surface area contributed by atoms with Gasteiger partial charge in [-0.1, -0.05) is 35.4 Å². The number of hydrogen-bond acceptors (Lipinski definition) is 6. The van der Waals surface area contributed by atoms with Crippen LogP contribution in [0.25, 0.3) is 6.08 Å². The van der Waals surface area contributed by atoms with Gasteiger partial charge in [-0.05, 0) is 94.9 Å². The molecule has 1 saturated heterocycles. The Morgan fingerprint density at radius 3 is 2.53 bits per heavy atom. The molecule has 0 bridgehead atoms. The number of methoxy groups -OCH3 is 1. The molecule has 1 aliphatic rings. The predicted octanol–water partition coefficient (Wildman–Crippen LogP) is 6.86. The van der Waals surface area contributed by atoms with E-state index in [1.807, 2.05) is 41.6 Å². The first-order chi connectivity index (χ1) is 17.2. The van der Waals surface area contributed by atoms with Gasteiger partial charge in [-0.3, -0.25) is 14.5 Å². The molecule has 0 radical (unpaired) electrons. The van der Waals surface area contributed by atoms with E-state index in [2.05, 4.69) is 0 Å². The minimum atomic E-state index is -0.528. The fourth-order valence-electron chi connectivity index (χ4n) is 3.37. The number of nitrogens with zero attached hydrogens (tertiary/aromatic N) is 1. The molecule has 0 N–H and O–H groups in total. The first-order valence-electron chi connectivity index (χ1n) is 10.5. The van der Waals surface area contributed by atoms with Crippen LogP contribution in [0.4, 0.5) is 9.18 Å². The maximum atomic E-state index is 13.3. The molecule has 1 fully saturated rings. The summed E-state index contributed by atoms with van der Waals surface area (Å²) in [5, 5.41) is -0.329. The van der Waals surface area contributed by atoms with E-state index < -0.39 is 22.9 Å². The summed E-state index contributed by atoms with van der Waals surface area (Å²) in [4.78, 5) is 39.3. The maximum Gasteiger partial charge on any atom is 0.343 e. The average molecular weight is 638 g/mol. The Balaban J connectivity index is 1.56. The summed E-state index contributed by atoms with van der Waals surface area (Å²) in [6.07, 6.45) is 1.56. The third-order valence-corrected chi connectivity index (χ3v) is 7.31. The number of imide groups is 1. The zero-order valence-corrected chi connectivity index (χ0v) is 22.7. The van der Waals surface area contributed by atoms with E-state index in [1.54, 1.807) is 30.3 Å². The van der Waals surface area contributed by atoms with Crippen LogP contribution < -0.4 is 9.47 Å². The Morgan fingerprint density at radius 1 is 1.14 bits per heavy atom. The van der Waals surface area contributed by atoms with Crippen molar-refractivity contribution in [1.82, 2.24) is 4.90 Å². The predicted molar refractivity (Wildman–Crippen MR) is 145 cm³/mol. The number of halogens is 3. The van der Waals surface area contributed by atoms with Gasteiger partial charge in [0.15, 0.2) is 11.5 Å². The monoisotopic (exact) mass is 637 g/mol. The van der Waals surface area contributed by atoms with Crippen LogP contribution >= 0.6 is 46.0 Å². The van der Waals surface area contributed by atoms with Crippen molar-refractivity contribution in [3.8, 4) is 11.5 Å². The lowest BCUT2D eigenvalue weighted by molar-refractivity contribution is -0.123. The number of carbonyl (C=O) groups excluding carboxylic acids is 3. The largest absolute Gasteiger partial charge is 0.493 e. The zero-order valence-electron chi connectivity index (χ0n) is 19.0. The SMILES string of the molecule is COc1cc(/C=C2\SC(=O)N(Cc3ccc(F)cc3Cl)C2=O)cc(I)c1OC(=O)c1ccc(C)cc1. The Bertz CT molecular complexity index is 1410. The molecule has 2 amide bonds. The van der Waals surface area contributed by atoms with E-state index in [4.69, 9.17) is 21.1 Å². The summed E-state index contributed by atoms with van der Waals surface area (Å²) in [6, 6.07) is 14.1. The van der Waals surface area contributed by atoms with Crippen LogP contribution in [0.2, 0.25) is 5.02 Å². The number of rotatable bonds is 6. The van der Waals surface area contributed by atoms with Crippen molar-refractivity contribution in [2.24, 2.45) is 0 Å². The fourth-order valence-corrected chi connectivity index (χ4v) is 5.17. The number of ether oxygens (including phenoxy) is 2. The molecule has 0 aromatic heterocycles. The number of aryl methyl sites for hydroxylation is 1. The molecule has 0 saturated carbocycles. The average Bonchev–Trinajstić information content (AvgIpc) is 3.09. The maximum absolute atomic E-state index is 13.3. The van der Waals surface area contributed by atoms with Crippen LogP contribution in [0.5, 0.6) is 11.5 Å². The summed E-state index contributed by atoms with van der Waals surface area (Å²) in [7, 11) is 1.44. The topological polar surface area (TPSA) is 72.9 Å². The highest BCUT2D eigenvalue weighted by Crippen LogP contribution is 2.38. The van der Waals surface area contributed by atoms with Crippen molar-refractivity contribution in [2.75, 3.05) is 7.11 Å². The molecule has 0 aliphatic carbocycles. The molecule has 0 spiro atoms. The van der Waals surface area contributed by atoms with Gasteiger partial charge >= 0.3 is 5.97 Å². The number of hydrogen-bond donors (Lipinski definition) is 0. The summed E-state index contributed by atoms with van der Waals surface area (Å²) >= 11 is 8.86. The van der Waals surface area contributed by atoms with Crippen LogP contribution in [0.3, 0.4) is 0 Å². The molecule has 3 aromatic rings. The second kappa shape index (κ2) is 11.0. The first kappa shape index (κ1) is 26.2. The Hall–Kier alpha value is -2.89. The Kier molecular flexibility index (Phi) is 8.01. The van der Waals surface area contributed by atoms with E-state index in [0.29, 0.717) is 26.0 Å². The molecule has 36 heavy (non-hydrogen) atoms. The standard InChI is InChI=1S/C26H18ClFINO5S/c1-14-3-5-16(6-4-14)25(32)35-23-20(29)9-15(10-21(23)34-2)11-22-24(31)30(26(33)36-22)13-17-7-8-18(28)12-19(17)27/h3-12H,13H2,1-2H3/b22-11-. The molecular weight excluding hydrogens is 620 g/mol. The van der Waals surface area contributed by atoms with E-state index in [-0.39, 0.29) is 22.2 Å². The van der Waals surface area contributed by atoms with Gasteiger partial charge in [0.1, 0.15) is 5.82 Å². The molecular formula is C26H18ClFINO5S. The highest BCUT2D eigenvalue weighted by Gasteiger charge is 2.35. The molecule has 0 atom stereocenters. The lowest BCUT2D eigenvalue weighted by Gasteiger charge is -2.14. The normalized spacial score (nSPS) is 14.5. The van der Waals surface area contributed by atoms with E-state index in [0.717, 1.165) is 28.3 Å². The van der Waals surface area contributed by atoms with Crippen molar-refractivity contribution >= 4 is 69.1 Å². The second-order valence-electron chi connectivity index (χ2n) is 7.79. The second-order valence-corrected chi connectivity index (χ2v) is 10.4. The van der Waals surface area contributed by atoms with Crippen molar-refractivity contribution in [2.45, 2.75) is 13.5 Å². The van der Waals surface area contributed by atoms with Crippen LogP contribution in [0.1, 0.15) is 27.0 Å². The summed E-state index contributed by atoms with van der Waals surface area (Å²) in [5.41, 5.74) is 2.46. The number of carbonyl (C=O) groups is 3. The van der Waals surface area contributed by atoms with Gasteiger partial charge in [-0.15, -0.1) is 0 Å². The molecule has 6 nitrogen and oxygen atoms in total. The number of amides is 2. The molecule has 10 heteroatoms. The van der Waals surface area contributed by atoms with Crippen LogP contribution in [0.15, 0.2) is 59.5 Å². The third-order valence-electron chi connectivity index (χ3n) is 5.25. The van der Waals surface area contributed by atoms with Gasteiger partial charge < -0.3 is 9.47 Å². The van der Waals surface area contributed by atoms with Gasteiger partial charge in [0.05, 0.1) is 27.7 Å². The first-order valence-corrected chi connectivity index (χ1v) is 12.8. The van der Waals surface area contributed by atoms with Gasteiger partial charge in [-0.25, -0.2) is 9.18 Å². The lowest BCUT2D eigenvalue weighted by atomic mass is 10.1. The fraction of sp³-hybridized carbons (Fsp3) is 0.115. The van der Waals surface area contributed by atoms with Gasteiger partial charge in [0.25, 0.3) is 11.1 Å². The van der Waals surface area contributed by atoms with Gasteiger partial charge in [-0.2, -0.15) is 0 Å². The van der Waals surface area contributed by atoms with Crippen LogP contribution in [0, 0.1) is 16.3 Å².